The minimum atomic E-state index is 0.843. The van der Waals surface area contributed by atoms with Gasteiger partial charge in [0.05, 0.1) is 25.4 Å². The maximum Gasteiger partial charge on any atom is 0.120 e. The Kier molecular flexibility index (Phi) is 7.33. The fraction of sp³-hybridized carbons (Fsp3) is 0.233. The molecule has 0 amide bonds. The Morgan fingerprint density at radius 1 is 0.806 bits per heavy atom. The van der Waals surface area contributed by atoms with Gasteiger partial charge in [0.25, 0.3) is 0 Å². The van der Waals surface area contributed by atoms with Crippen LogP contribution in [0.2, 0.25) is 0 Å². The molecule has 36 heavy (non-hydrogen) atoms. The number of anilines is 1. The van der Waals surface area contributed by atoms with E-state index in [4.69, 9.17) is 14.5 Å². The molecule has 5 rings (SSSR count). The van der Waals surface area contributed by atoms with E-state index >= 15 is 0 Å². The summed E-state index contributed by atoms with van der Waals surface area (Å²) >= 11 is 0. The molecular formula is C30H32N4O2. The molecule has 0 aliphatic heterocycles. The van der Waals surface area contributed by atoms with Gasteiger partial charge in [-0.2, -0.15) is 0 Å². The van der Waals surface area contributed by atoms with E-state index in [0.29, 0.717) is 0 Å². The highest BCUT2D eigenvalue weighted by molar-refractivity contribution is 5.93. The fourth-order valence-corrected chi connectivity index (χ4v) is 4.52. The van der Waals surface area contributed by atoms with Crippen LogP contribution in [0.3, 0.4) is 0 Å². The average molecular weight is 481 g/mol. The number of benzene rings is 3. The number of hydrogen-bond donors (Lipinski definition) is 3. The number of pyridine rings is 1. The Labute approximate surface area is 211 Å². The van der Waals surface area contributed by atoms with Gasteiger partial charge in [0.2, 0.25) is 0 Å². The van der Waals surface area contributed by atoms with Gasteiger partial charge in [-0.25, -0.2) is 4.98 Å². The maximum absolute atomic E-state index is 5.31. The van der Waals surface area contributed by atoms with Crippen molar-refractivity contribution >= 4 is 27.5 Å². The Balaban J connectivity index is 1.15. The molecule has 0 unspecified atom stereocenters. The molecule has 0 atom stereocenters. The Morgan fingerprint density at radius 2 is 1.61 bits per heavy atom. The van der Waals surface area contributed by atoms with Crippen molar-refractivity contribution in [3.05, 3.63) is 84.6 Å². The van der Waals surface area contributed by atoms with Crippen molar-refractivity contribution < 1.29 is 9.47 Å². The predicted molar refractivity (Wildman–Crippen MR) is 148 cm³/mol. The summed E-state index contributed by atoms with van der Waals surface area (Å²) in [5.74, 6) is 1.72. The molecule has 0 saturated heterocycles. The monoisotopic (exact) mass is 480 g/mol. The molecule has 184 valence electrons. The molecule has 0 bridgehead atoms. The van der Waals surface area contributed by atoms with Gasteiger partial charge in [-0.05, 0) is 80.0 Å². The second-order valence-electron chi connectivity index (χ2n) is 8.81. The summed E-state index contributed by atoms with van der Waals surface area (Å²) in [6.07, 6.45) is 4.11. The summed E-state index contributed by atoms with van der Waals surface area (Å²) in [5.41, 5.74) is 6.57. The summed E-state index contributed by atoms with van der Waals surface area (Å²) in [4.78, 5) is 8.23. The Morgan fingerprint density at radius 3 is 2.44 bits per heavy atom. The SMILES string of the molecule is COc1ccc(-c2cc(NCCCNCCc3c[nH]c4cc(OC)ccc34)c3ccccc3n2)cc1. The van der Waals surface area contributed by atoms with E-state index in [1.54, 1.807) is 14.2 Å². The normalized spacial score (nSPS) is 11.2. The third-order valence-electron chi connectivity index (χ3n) is 6.49. The van der Waals surface area contributed by atoms with Gasteiger partial charge in [-0.15, -0.1) is 0 Å². The number of rotatable bonds is 11. The van der Waals surface area contributed by atoms with Crippen LogP contribution in [0.25, 0.3) is 33.1 Å². The molecule has 3 aromatic carbocycles. The average Bonchev–Trinajstić information content (AvgIpc) is 3.34. The van der Waals surface area contributed by atoms with Crippen LogP contribution >= 0.6 is 0 Å². The molecule has 0 aliphatic rings. The third kappa shape index (κ3) is 5.29. The molecule has 0 spiro atoms. The molecule has 6 heteroatoms. The van der Waals surface area contributed by atoms with E-state index < -0.39 is 0 Å². The van der Waals surface area contributed by atoms with E-state index in [-0.39, 0.29) is 0 Å². The minimum Gasteiger partial charge on any atom is -0.497 e. The van der Waals surface area contributed by atoms with Crippen molar-refractivity contribution in [2.24, 2.45) is 0 Å². The van der Waals surface area contributed by atoms with E-state index in [9.17, 15) is 0 Å². The van der Waals surface area contributed by atoms with Gasteiger partial charge in [0.1, 0.15) is 11.5 Å². The van der Waals surface area contributed by atoms with E-state index in [1.165, 1.54) is 10.9 Å². The Hall–Kier alpha value is -4.03. The van der Waals surface area contributed by atoms with Gasteiger partial charge in [-0.1, -0.05) is 18.2 Å². The Bertz CT molecular complexity index is 1440. The maximum atomic E-state index is 5.31. The van der Waals surface area contributed by atoms with Crippen LogP contribution in [-0.4, -0.2) is 43.8 Å². The number of hydrogen-bond acceptors (Lipinski definition) is 5. The minimum absolute atomic E-state index is 0.843. The first-order valence-electron chi connectivity index (χ1n) is 12.4. The lowest BCUT2D eigenvalue weighted by molar-refractivity contribution is 0.415. The van der Waals surface area contributed by atoms with E-state index in [0.717, 1.165) is 77.3 Å². The van der Waals surface area contributed by atoms with Crippen LogP contribution in [0.4, 0.5) is 5.69 Å². The number of ether oxygens (including phenoxy) is 2. The van der Waals surface area contributed by atoms with Gasteiger partial charge in [0.15, 0.2) is 0 Å². The van der Waals surface area contributed by atoms with Crippen LogP contribution in [-0.2, 0) is 6.42 Å². The lowest BCUT2D eigenvalue weighted by Gasteiger charge is -2.13. The standard InChI is InChI=1S/C30H32N4O2/c1-35-23-10-8-21(9-11-23)28-19-30(26-6-3-4-7-27(26)34-28)32-16-5-15-31-17-14-22-20-33-29-18-24(36-2)12-13-25(22)29/h3-4,6-13,18-20,31,33H,5,14-17H2,1-2H3,(H,32,34). The number of aromatic amines is 1. The van der Waals surface area contributed by atoms with Gasteiger partial charge in [-0.3, -0.25) is 0 Å². The second kappa shape index (κ2) is 11.1. The number of fused-ring (bicyclic) bond motifs is 2. The second-order valence-corrected chi connectivity index (χ2v) is 8.81. The van der Waals surface area contributed by atoms with Crippen LogP contribution in [0, 0.1) is 0 Å². The van der Waals surface area contributed by atoms with Crippen LogP contribution in [0.15, 0.2) is 79.0 Å². The quantitative estimate of drug-likeness (QED) is 0.201. The number of methoxy groups -OCH3 is 2. The predicted octanol–water partition coefficient (Wildman–Crippen LogP) is 6.03. The van der Waals surface area contributed by atoms with Gasteiger partial charge in [0, 0.05) is 46.3 Å². The van der Waals surface area contributed by atoms with Crippen LogP contribution in [0.5, 0.6) is 11.5 Å². The molecule has 0 saturated carbocycles. The topological polar surface area (TPSA) is 71.2 Å². The highest BCUT2D eigenvalue weighted by Crippen LogP contribution is 2.29. The number of aromatic nitrogens is 2. The van der Waals surface area contributed by atoms with Crippen molar-refractivity contribution in [2.45, 2.75) is 12.8 Å². The lowest BCUT2D eigenvalue weighted by atomic mass is 10.1. The molecule has 2 aromatic heterocycles. The molecule has 0 radical (unpaired) electrons. The molecule has 0 aliphatic carbocycles. The number of nitrogens with zero attached hydrogens (tertiary/aromatic N) is 1. The van der Waals surface area contributed by atoms with Gasteiger partial charge >= 0.3 is 0 Å². The summed E-state index contributed by atoms with van der Waals surface area (Å²) in [7, 11) is 3.38. The van der Waals surface area contributed by atoms with Crippen LogP contribution < -0.4 is 20.1 Å². The summed E-state index contributed by atoms with van der Waals surface area (Å²) in [6.45, 7) is 2.78. The molecule has 2 heterocycles. The lowest BCUT2D eigenvalue weighted by Crippen LogP contribution is -2.20. The largest absolute Gasteiger partial charge is 0.497 e. The summed E-state index contributed by atoms with van der Waals surface area (Å²) in [6, 6.07) is 24.6. The molecule has 3 N–H and O–H groups in total. The third-order valence-corrected chi connectivity index (χ3v) is 6.49. The molecule has 5 aromatic rings. The highest BCUT2D eigenvalue weighted by Gasteiger charge is 2.08. The first-order chi connectivity index (χ1) is 17.7. The number of H-pyrrole nitrogens is 1. The van der Waals surface area contributed by atoms with Crippen LogP contribution in [0.1, 0.15) is 12.0 Å². The summed E-state index contributed by atoms with van der Waals surface area (Å²) < 4.78 is 10.6. The molecular weight excluding hydrogens is 448 g/mol. The first kappa shape index (κ1) is 23.7. The van der Waals surface area contributed by atoms with Crippen molar-refractivity contribution in [3.63, 3.8) is 0 Å². The summed E-state index contributed by atoms with van der Waals surface area (Å²) in [5, 5.41) is 9.62. The zero-order valence-electron chi connectivity index (χ0n) is 20.8. The van der Waals surface area contributed by atoms with E-state index in [2.05, 4.69) is 52.1 Å². The number of para-hydroxylation sites is 1. The zero-order valence-corrected chi connectivity index (χ0v) is 20.8. The van der Waals surface area contributed by atoms with Crippen molar-refractivity contribution in [2.75, 3.05) is 39.2 Å². The smallest absolute Gasteiger partial charge is 0.120 e. The first-order valence-corrected chi connectivity index (χ1v) is 12.4. The molecule has 0 fully saturated rings. The fourth-order valence-electron chi connectivity index (χ4n) is 4.52. The van der Waals surface area contributed by atoms with Crippen molar-refractivity contribution in [3.8, 4) is 22.8 Å². The number of nitrogens with one attached hydrogen (secondary N) is 3. The van der Waals surface area contributed by atoms with Gasteiger partial charge < -0.3 is 25.1 Å². The van der Waals surface area contributed by atoms with E-state index in [1.807, 2.05) is 42.5 Å². The molecule has 6 nitrogen and oxygen atoms in total. The van der Waals surface area contributed by atoms with Crippen molar-refractivity contribution in [1.82, 2.24) is 15.3 Å². The van der Waals surface area contributed by atoms with Crippen molar-refractivity contribution in [1.29, 1.82) is 0 Å². The zero-order chi connectivity index (χ0) is 24.7. The highest BCUT2D eigenvalue weighted by atomic mass is 16.5.